The van der Waals surface area contributed by atoms with Gasteiger partial charge in [-0.3, -0.25) is 9.59 Å². The van der Waals surface area contributed by atoms with Gasteiger partial charge in [-0.25, -0.2) is 9.97 Å². The van der Waals surface area contributed by atoms with E-state index < -0.39 is 0 Å². The van der Waals surface area contributed by atoms with Gasteiger partial charge in [0.1, 0.15) is 0 Å². The fourth-order valence-corrected chi connectivity index (χ4v) is 5.48. The van der Waals surface area contributed by atoms with Gasteiger partial charge >= 0.3 is 0 Å². The van der Waals surface area contributed by atoms with Crippen molar-refractivity contribution in [2.75, 3.05) is 61.5 Å². The number of benzene rings is 2. The van der Waals surface area contributed by atoms with Gasteiger partial charge in [-0.2, -0.15) is 0 Å². The summed E-state index contributed by atoms with van der Waals surface area (Å²) in [6.07, 6.45) is 4.53. The van der Waals surface area contributed by atoms with E-state index in [0.717, 1.165) is 80.3 Å². The summed E-state index contributed by atoms with van der Waals surface area (Å²) in [5.74, 6) is 0.677. The lowest BCUT2D eigenvalue weighted by atomic mass is 10.1. The SMILES string of the molecule is O=C(Nc1ccc(-c2ccnc(Nc3ccc(N4CCN(C(=O)[C@@H]5CCCN5)CC4)cc3)n2)cc1)C1CCOC1. The summed E-state index contributed by atoms with van der Waals surface area (Å²) in [7, 11) is 0. The Balaban J connectivity index is 1.03. The molecule has 40 heavy (non-hydrogen) atoms. The summed E-state index contributed by atoms with van der Waals surface area (Å²) in [4.78, 5) is 38.4. The Hall–Kier alpha value is -4.02. The zero-order valence-corrected chi connectivity index (χ0v) is 22.5. The molecule has 3 N–H and O–H groups in total. The number of rotatable bonds is 7. The van der Waals surface area contributed by atoms with Crippen molar-refractivity contribution in [3.05, 3.63) is 60.8 Å². The van der Waals surface area contributed by atoms with Crippen molar-refractivity contribution >= 4 is 34.8 Å². The molecule has 3 saturated heterocycles. The highest BCUT2D eigenvalue weighted by Gasteiger charge is 2.29. The number of nitrogens with zero attached hydrogens (tertiary/aromatic N) is 4. The molecule has 208 valence electrons. The van der Waals surface area contributed by atoms with Crippen LogP contribution in [0.5, 0.6) is 0 Å². The highest BCUT2D eigenvalue weighted by atomic mass is 16.5. The van der Waals surface area contributed by atoms with E-state index in [1.54, 1.807) is 6.20 Å². The zero-order valence-electron chi connectivity index (χ0n) is 22.5. The summed E-state index contributed by atoms with van der Waals surface area (Å²) < 4.78 is 5.31. The minimum Gasteiger partial charge on any atom is -0.381 e. The lowest BCUT2D eigenvalue weighted by Crippen LogP contribution is -2.53. The minimum atomic E-state index is -0.0795. The van der Waals surface area contributed by atoms with Gasteiger partial charge in [0.05, 0.1) is 24.3 Å². The maximum absolute atomic E-state index is 12.7. The predicted octanol–water partition coefficient (Wildman–Crippen LogP) is 3.26. The lowest BCUT2D eigenvalue weighted by molar-refractivity contribution is -0.133. The zero-order chi connectivity index (χ0) is 27.3. The third-order valence-corrected chi connectivity index (χ3v) is 7.84. The van der Waals surface area contributed by atoms with Crippen molar-refractivity contribution in [1.82, 2.24) is 20.2 Å². The number of hydrogen-bond donors (Lipinski definition) is 3. The number of carbonyl (C=O) groups excluding carboxylic acids is 2. The van der Waals surface area contributed by atoms with Crippen molar-refractivity contribution in [1.29, 1.82) is 0 Å². The van der Waals surface area contributed by atoms with Crippen LogP contribution in [0, 0.1) is 5.92 Å². The molecule has 0 bridgehead atoms. The molecule has 2 atom stereocenters. The number of amides is 2. The summed E-state index contributed by atoms with van der Waals surface area (Å²) >= 11 is 0. The minimum absolute atomic E-state index is 0.000905. The smallest absolute Gasteiger partial charge is 0.239 e. The summed E-state index contributed by atoms with van der Waals surface area (Å²) in [6.45, 7) is 5.23. The maximum Gasteiger partial charge on any atom is 0.239 e. The third-order valence-electron chi connectivity index (χ3n) is 7.84. The lowest BCUT2D eigenvalue weighted by Gasteiger charge is -2.37. The number of hydrogen-bond acceptors (Lipinski definition) is 8. The van der Waals surface area contributed by atoms with Gasteiger partial charge in [0.25, 0.3) is 0 Å². The van der Waals surface area contributed by atoms with Crippen molar-refractivity contribution < 1.29 is 14.3 Å². The fourth-order valence-electron chi connectivity index (χ4n) is 5.48. The number of nitrogens with one attached hydrogen (secondary N) is 3. The van der Waals surface area contributed by atoms with Crippen LogP contribution in [0.15, 0.2) is 60.8 Å². The van der Waals surface area contributed by atoms with E-state index in [1.807, 2.05) is 47.4 Å². The highest BCUT2D eigenvalue weighted by Crippen LogP contribution is 2.24. The quantitative estimate of drug-likeness (QED) is 0.418. The molecule has 4 heterocycles. The van der Waals surface area contributed by atoms with Gasteiger partial charge < -0.3 is 30.5 Å². The molecule has 0 aliphatic carbocycles. The van der Waals surface area contributed by atoms with Gasteiger partial charge in [-0.15, -0.1) is 0 Å². The van der Waals surface area contributed by atoms with Crippen molar-refractivity contribution in [2.45, 2.75) is 25.3 Å². The van der Waals surface area contributed by atoms with E-state index in [2.05, 4.69) is 43.0 Å². The topological polar surface area (TPSA) is 112 Å². The number of aromatic nitrogens is 2. The first kappa shape index (κ1) is 26.2. The average Bonchev–Trinajstić information content (AvgIpc) is 3.74. The van der Waals surface area contributed by atoms with Crippen LogP contribution in [0.1, 0.15) is 19.3 Å². The Labute approximate surface area is 234 Å². The highest BCUT2D eigenvalue weighted by molar-refractivity contribution is 5.93. The Morgan fingerprint density at radius 2 is 1.70 bits per heavy atom. The second-order valence-corrected chi connectivity index (χ2v) is 10.5. The molecule has 10 heteroatoms. The Morgan fingerprint density at radius 1 is 0.925 bits per heavy atom. The normalized spacial score (nSPS) is 20.9. The van der Waals surface area contributed by atoms with Crippen molar-refractivity contribution in [3.8, 4) is 11.3 Å². The molecule has 1 unspecified atom stereocenters. The van der Waals surface area contributed by atoms with Crippen LogP contribution in [0.25, 0.3) is 11.3 Å². The van der Waals surface area contributed by atoms with Gasteiger partial charge in [0, 0.05) is 61.6 Å². The Bertz CT molecular complexity index is 1310. The number of anilines is 4. The summed E-state index contributed by atoms with van der Waals surface area (Å²) in [5.41, 5.74) is 4.52. The number of carbonyl (C=O) groups is 2. The first-order valence-electron chi connectivity index (χ1n) is 14.1. The van der Waals surface area contributed by atoms with Gasteiger partial charge in [0.2, 0.25) is 17.8 Å². The van der Waals surface area contributed by atoms with E-state index in [4.69, 9.17) is 4.74 Å². The fraction of sp³-hybridized carbons (Fsp3) is 0.400. The van der Waals surface area contributed by atoms with E-state index in [-0.39, 0.29) is 23.8 Å². The molecule has 3 aliphatic rings. The third kappa shape index (κ3) is 6.08. The molecule has 1 aromatic heterocycles. The number of piperazine rings is 1. The first-order chi connectivity index (χ1) is 19.6. The van der Waals surface area contributed by atoms with Crippen molar-refractivity contribution in [3.63, 3.8) is 0 Å². The first-order valence-corrected chi connectivity index (χ1v) is 14.1. The molecule has 0 spiro atoms. The predicted molar refractivity (Wildman–Crippen MR) is 155 cm³/mol. The van der Waals surface area contributed by atoms with E-state index in [9.17, 15) is 9.59 Å². The molecule has 0 saturated carbocycles. The van der Waals surface area contributed by atoms with Crippen LogP contribution in [-0.4, -0.2) is 78.7 Å². The number of ether oxygens (including phenoxy) is 1. The van der Waals surface area contributed by atoms with Gasteiger partial charge in [0.15, 0.2) is 0 Å². The van der Waals surface area contributed by atoms with E-state index in [0.29, 0.717) is 19.2 Å². The molecule has 2 amide bonds. The molecule has 10 nitrogen and oxygen atoms in total. The van der Waals surface area contributed by atoms with Gasteiger partial charge in [-0.1, -0.05) is 12.1 Å². The summed E-state index contributed by atoms with van der Waals surface area (Å²) in [5, 5.41) is 9.58. The summed E-state index contributed by atoms with van der Waals surface area (Å²) in [6, 6.07) is 17.8. The Morgan fingerprint density at radius 3 is 2.40 bits per heavy atom. The second-order valence-electron chi connectivity index (χ2n) is 10.5. The van der Waals surface area contributed by atoms with Crippen molar-refractivity contribution in [2.24, 2.45) is 5.92 Å². The maximum atomic E-state index is 12.7. The van der Waals surface area contributed by atoms with Crippen LogP contribution < -0.4 is 20.9 Å². The van der Waals surface area contributed by atoms with Crippen LogP contribution in [0.3, 0.4) is 0 Å². The molecule has 3 fully saturated rings. The second kappa shape index (κ2) is 12.0. The van der Waals surface area contributed by atoms with Crippen LogP contribution >= 0.6 is 0 Å². The molecule has 0 radical (unpaired) electrons. The van der Waals surface area contributed by atoms with Crippen LogP contribution in [-0.2, 0) is 14.3 Å². The molecule has 3 aliphatic heterocycles. The molecular weight excluding hydrogens is 506 g/mol. The standard InChI is InChI=1S/C30H35N7O3/c38-28(22-12-19-40-20-22)33-23-5-3-21(4-6-23)26-11-14-32-30(35-26)34-24-7-9-25(10-8-24)36-15-17-37(18-16-36)29(39)27-2-1-13-31-27/h3-11,14,22,27,31H,1-2,12-13,15-20H2,(H,33,38)(H,32,34,35)/t22?,27-/m0/s1. The largest absolute Gasteiger partial charge is 0.381 e. The van der Waals surface area contributed by atoms with Crippen LogP contribution in [0.4, 0.5) is 23.0 Å². The Kier molecular flexibility index (Phi) is 7.87. The average molecular weight is 542 g/mol. The molecule has 6 rings (SSSR count). The van der Waals surface area contributed by atoms with Gasteiger partial charge in [-0.05, 0) is 68.3 Å². The monoisotopic (exact) mass is 541 g/mol. The molecule has 2 aromatic carbocycles. The van der Waals surface area contributed by atoms with E-state index >= 15 is 0 Å². The van der Waals surface area contributed by atoms with E-state index in [1.165, 1.54) is 0 Å². The molecule has 3 aromatic rings. The van der Waals surface area contributed by atoms with Crippen LogP contribution in [0.2, 0.25) is 0 Å². The molecular formula is C30H35N7O3.